The average Bonchev–Trinajstić information content (AvgIpc) is 2.58. The lowest BCUT2D eigenvalue weighted by Gasteiger charge is -2.19. The summed E-state index contributed by atoms with van der Waals surface area (Å²) in [6.45, 7) is -0.0719. The molecule has 1 atom stereocenters. The number of benzene rings is 2. The molecule has 5 nitrogen and oxygen atoms in total. The fourth-order valence-corrected chi connectivity index (χ4v) is 2.08. The second-order valence-corrected chi connectivity index (χ2v) is 4.68. The van der Waals surface area contributed by atoms with Crippen molar-refractivity contribution in [3.8, 4) is 5.75 Å². The highest BCUT2D eigenvalue weighted by molar-refractivity contribution is 5.68. The molecule has 0 unspecified atom stereocenters. The van der Waals surface area contributed by atoms with Gasteiger partial charge in [0.15, 0.2) is 0 Å². The van der Waals surface area contributed by atoms with Crippen molar-refractivity contribution in [1.29, 1.82) is 0 Å². The summed E-state index contributed by atoms with van der Waals surface area (Å²) in [5.41, 5.74) is 1.60. The van der Waals surface area contributed by atoms with Crippen molar-refractivity contribution in [3.63, 3.8) is 0 Å². The molecular formula is C17H19NO4. The maximum Gasteiger partial charge on any atom is 0.408 e. The number of aliphatic hydroxyl groups is 1. The Bertz CT molecular complexity index is 601. The molecule has 2 rings (SSSR count). The number of alkyl carbamates (subject to hydrolysis) is 1. The predicted molar refractivity (Wildman–Crippen MR) is 82.6 cm³/mol. The van der Waals surface area contributed by atoms with E-state index in [4.69, 9.17) is 9.47 Å². The SMILES string of the molecule is COc1ccccc1[C@@H](CO)NC(=O)OCc1ccccc1. The Hall–Kier alpha value is -2.53. The molecule has 0 heterocycles. The van der Waals surface area contributed by atoms with E-state index in [2.05, 4.69) is 5.32 Å². The normalized spacial score (nSPS) is 11.5. The molecule has 0 spiro atoms. The lowest BCUT2D eigenvalue weighted by Crippen LogP contribution is -2.31. The van der Waals surface area contributed by atoms with Gasteiger partial charge in [0.05, 0.1) is 19.8 Å². The summed E-state index contributed by atoms with van der Waals surface area (Å²) < 4.78 is 10.4. The Morgan fingerprint density at radius 3 is 2.50 bits per heavy atom. The van der Waals surface area contributed by atoms with E-state index >= 15 is 0 Å². The third kappa shape index (κ3) is 4.23. The fourth-order valence-electron chi connectivity index (χ4n) is 2.08. The highest BCUT2D eigenvalue weighted by Crippen LogP contribution is 2.24. The summed E-state index contributed by atoms with van der Waals surface area (Å²) in [5, 5.41) is 12.1. The van der Waals surface area contributed by atoms with Crippen molar-refractivity contribution in [3.05, 3.63) is 65.7 Å². The maximum atomic E-state index is 11.9. The van der Waals surface area contributed by atoms with Gasteiger partial charge in [-0.1, -0.05) is 48.5 Å². The minimum atomic E-state index is -0.589. The molecule has 2 aromatic carbocycles. The summed E-state index contributed by atoms with van der Waals surface area (Å²) in [5.74, 6) is 0.602. The van der Waals surface area contributed by atoms with Gasteiger partial charge in [-0.25, -0.2) is 4.79 Å². The molecule has 116 valence electrons. The number of amides is 1. The van der Waals surface area contributed by atoms with Crippen LogP contribution >= 0.6 is 0 Å². The van der Waals surface area contributed by atoms with Gasteiger partial charge in [-0.2, -0.15) is 0 Å². The van der Waals surface area contributed by atoms with Gasteiger partial charge in [0.1, 0.15) is 12.4 Å². The van der Waals surface area contributed by atoms with Gasteiger partial charge >= 0.3 is 6.09 Å². The first-order chi connectivity index (χ1) is 10.7. The van der Waals surface area contributed by atoms with Crippen LogP contribution in [0.5, 0.6) is 5.75 Å². The van der Waals surface area contributed by atoms with Crippen molar-refractivity contribution < 1.29 is 19.4 Å². The second-order valence-electron chi connectivity index (χ2n) is 4.68. The van der Waals surface area contributed by atoms with E-state index in [1.807, 2.05) is 42.5 Å². The first-order valence-electron chi connectivity index (χ1n) is 6.95. The Morgan fingerprint density at radius 1 is 1.14 bits per heavy atom. The van der Waals surface area contributed by atoms with Crippen molar-refractivity contribution in [2.24, 2.45) is 0 Å². The van der Waals surface area contributed by atoms with Crippen molar-refractivity contribution >= 4 is 6.09 Å². The molecule has 2 N–H and O–H groups in total. The van der Waals surface area contributed by atoms with E-state index in [9.17, 15) is 9.90 Å². The molecule has 0 saturated carbocycles. The highest BCUT2D eigenvalue weighted by atomic mass is 16.5. The molecule has 5 heteroatoms. The van der Waals surface area contributed by atoms with Crippen molar-refractivity contribution in [2.45, 2.75) is 12.6 Å². The number of aliphatic hydroxyl groups excluding tert-OH is 1. The summed E-state index contributed by atoms with van der Waals surface area (Å²) >= 11 is 0. The molecule has 0 bridgehead atoms. The topological polar surface area (TPSA) is 67.8 Å². The summed E-state index contributed by atoms with van der Waals surface area (Å²) in [7, 11) is 1.54. The maximum absolute atomic E-state index is 11.9. The molecule has 0 radical (unpaired) electrons. The van der Waals surface area contributed by atoms with Crippen LogP contribution in [0.2, 0.25) is 0 Å². The number of rotatable bonds is 6. The number of ether oxygens (including phenoxy) is 2. The van der Waals surface area contributed by atoms with Gasteiger partial charge in [0, 0.05) is 5.56 Å². The second kappa shape index (κ2) is 8.05. The largest absolute Gasteiger partial charge is 0.496 e. The van der Waals surface area contributed by atoms with E-state index in [1.165, 1.54) is 0 Å². The average molecular weight is 301 g/mol. The Morgan fingerprint density at radius 2 is 1.82 bits per heavy atom. The smallest absolute Gasteiger partial charge is 0.408 e. The standard InChI is InChI=1S/C17H19NO4/c1-21-16-10-6-5-9-14(16)15(11-19)18-17(20)22-12-13-7-3-2-4-8-13/h2-10,15,19H,11-12H2,1H3,(H,18,20)/t15-/m1/s1. The Labute approximate surface area is 129 Å². The van der Waals surface area contributed by atoms with E-state index in [0.29, 0.717) is 11.3 Å². The zero-order valence-corrected chi connectivity index (χ0v) is 12.4. The first-order valence-corrected chi connectivity index (χ1v) is 6.95. The number of carbonyl (C=O) groups is 1. The molecular weight excluding hydrogens is 282 g/mol. The summed E-state index contributed by atoms with van der Waals surface area (Å²) in [6.07, 6.45) is -0.589. The minimum absolute atomic E-state index is 0.177. The van der Waals surface area contributed by atoms with E-state index in [0.717, 1.165) is 5.56 Å². The number of carbonyl (C=O) groups excluding carboxylic acids is 1. The summed E-state index contributed by atoms with van der Waals surface area (Å²) in [4.78, 5) is 11.9. The molecule has 22 heavy (non-hydrogen) atoms. The van der Waals surface area contributed by atoms with Crippen LogP contribution in [0.3, 0.4) is 0 Å². The minimum Gasteiger partial charge on any atom is -0.496 e. The molecule has 0 aromatic heterocycles. The molecule has 0 aliphatic heterocycles. The molecule has 0 aliphatic carbocycles. The molecule has 0 aliphatic rings. The van der Waals surface area contributed by atoms with Crippen LogP contribution in [0, 0.1) is 0 Å². The lowest BCUT2D eigenvalue weighted by atomic mass is 10.1. The van der Waals surface area contributed by atoms with Crippen LogP contribution in [0.15, 0.2) is 54.6 Å². The molecule has 1 amide bonds. The number of methoxy groups -OCH3 is 1. The van der Waals surface area contributed by atoms with E-state index in [-0.39, 0.29) is 13.2 Å². The highest BCUT2D eigenvalue weighted by Gasteiger charge is 2.18. The Kier molecular flexibility index (Phi) is 5.80. The number of para-hydroxylation sites is 1. The molecule has 0 fully saturated rings. The monoisotopic (exact) mass is 301 g/mol. The fraction of sp³-hybridized carbons (Fsp3) is 0.235. The van der Waals surface area contributed by atoms with Crippen LogP contribution in [0.1, 0.15) is 17.2 Å². The molecule has 2 aromatic rings. The third-order valence-corrected chi connectivity index (χ3v) is 3.20. The van der Waals surface area contributed by atoms with Gasteiger partial charge in [0.25, 0.3) is 0 Å². The number of hydrogen-bond acceptors (Lipinski definition) is 4. The lowest BCUT2D eigenvalue weighted by molar-refractivity contribution is 0.129. The van der Waals surface area contributed by atoms with Gasteiger partial charge in [-0.3, -0.25) is 0 Å². The van der Waals surface area contributed by atoms with Gasteiger partial charge in [0.2, 0.25) is 0 Å². The number of hydrogen-bond donors (Lipinski definition) is 2. The molecule has 0 saturated heterocycles. The van der Waals surface area contributed by atoms with Crippen molar-refractivity contribution in [1.82, 2.24) is 5.32 Å². The van der Waals surface area contributed by atoms with Crippen LogP contribution in [0.4, 0.5) is 4.79 Å². The van der Waals surface area contributed by atoms with E-state index < -0.39 is 12.1 Å². The van der Waals surface area contributed by atoms with Gasteiger partial charge in [-0.05, 0) is 11.6 Å². The zero-order valence-electron chi connectivity index (χ0n) is 12.4. The van der Waals surface area contributed by atoms with Gasteiger partial charge in [-0.15, -0.1) is 0 Å². The van der Waals surface area contributed by atoms with Crippen molar-refractivity contribution in [2.75, 3.05) is 13.7 Å². The zero-order chi connectivity index (χ0) is 15.8. The Balaban J connectivity index is 1.96. The first kappa shape index (κ1) is 15.9. The van der Waals surface area contributed by atoms with Crippen LogP contribution in [-0.4, -0.2) is 24.9 Å². The predicted octanol–water partition coefficient (Wildman–Crippen LogP) is 2.66. The quantitative estimate of drug-likeness (QED) is 0.860. The number of nitrogens with one attached hydrogen (secondary N) is 1. The third-order valence-electron chi connectivity index (χ3n) is 3.20. The van der Waals surface area contributed by atoms with Crippen LogP contribution in [-0.2, 0) is 11.3 Å². The van der Waals surface area contributed by atoms with Gasteiger partial charge < -0.3 is 19.9 Å². The van der Waals surface area contributed by atoms with Crippen LogP contribution in [0.25, 0.3) is 0 Å². The summed E-state index contributed by atoms with van der Waals surface area (Å²) in [6, 6.07) is 16.0. The van der Waals surface area contributed by atoms with Crippen LogP contribution < -0.4 is 10.1 Å². The van der Waals surface area contributed by atoms with E-state index in [1.54, 1.807) is 19.2 Å².